The number of Topliss-reactive ketones (excluding diaryl/α,β-unsaturated/α-hetero) is 1. The molecular weight excluding hydrogens is 275 g/mol. The van der Waals surface area contributed by atoms with Crippen LogP contribution < -0.4 is 5.32 Å². The first-order chi connectivity index (χ1) is 10.1. The highest BCUT2D eigenvalue weighted by Gasteiger charge is 2.33. The summed E-state index contributed by atoms with van der Waals surface area (Å²) in [7, 11) is 0. The number of carbonyl (C=O) groups excluding carboxylic acids is 2. The molecule has 0 unspecified atom stereocenters. The van der Waals surface area contributed by atoms with Gasteiger partial charge < -0.3 is 9.84 Å². The van der Waals surface area contributed by atoms with Gasteiger partial charge in [-0.15, -0.1) is 0 Å². The molecule has 0 atom stereocenters. The summed E-state index contributed by atoms with van der Waals surface area (Å²) in [5.74, 6) is -1.13. The minimum Gasteiger partial charge on any atom is -0.363 e. The van der Waals surface area contributed by atoms with E-state index >= 15 is 0 Å². The molecule has 6 heteroatoms. The Balaban J connectivity index is 1.94. The Bertz CT molecular complexity index is 877. The van der Waals surface area contributed by atoms with Crippen molar-refractivity contribution in [2.75, 3.05) is 5.32 Å². The highest BCUT2D eigenvalue weighted by molar-refractivity contribution is 6.37. The second kappa shape index (κ2) is 3.99. The Morgan fingerprint density at radius 1 is 1.14 bits per heavy atom. The molecule has 1 aliphatic carbocycles. The summed E-state index contributed by atoms with van der Waals surface area (Å²) in [6.07, 6.45) is 4.17. The molecule has 1 N–H and O–H groups in total. The maximum absolute atomic E-state index is 13.3. The van der Waals surface area contributed by atoms with Gasteiger partial charge in [0.2, 0.25) is 5.78 Å². The van der Waals surface area contributed by atoms with Crippen molar-refractivity contribution in [3.8, 4) is 0 Å². The first-order valence-electron chi connectivity index (χ1n) is 6.18. The topological polar surface area (TPSA) is 72.2 Å². The van der Waals surface area contributed by atoms with E-state index in [0.29, 0.717) is 22.5 Å². The van der Waals surface area contributed by atoms with Crippen LogP contribution in [0.1, 0.15) is 21.6 Å². The molecule has 0 amide bonds. The molecule has 21 heavy (non-hydrogen) atoms. The molecule has 0 radical (unpaired) electrons. The maximum Gasteiger partial charge on any atom is 0.212 e. The molecule has 0 saturated heterocycles. The number of rotatable bonds is 0. The molecule has 2 heterocycles. The van der Waals surface area contributed by atoms with E-state index in [1.165, 1.54) is 36.6 Å². The minimum absolute atomic E-state index is 0.120. The first kappa shape index (κ1) is 11.8. The number of nitrogens with one attached hydrogen (secondary N) is 1. The van der Waals surface area contributed by atoms with Gasteiger partial charge in [0.25, 0.3) is 0 Å². The second-order valence-corrected chi connectivity index (χ2v) is 4.71. The van der Waals surface area contributed by atoms with Gasteiger partial charge in [0, 0.05) is 5.56 Å². The van der Waals surface area contributed by atoms with E-state index in [4.69, 9.17) is 4.52 Å². The van der Waals surface area contributed by atoms with Crippen molar-refractivity contribution in [3.63, 3.8) is 0 Å². The molecule has 0 bridgehead atoms. The SMILES string of the molecule is O=C1C=Cc2nocc2C1=C1Nc2cc(F)ccc2C1=O. The number of aromatic nitrogens is 1. The third-order valence-corrected chi connectivity index (χ3v) is 3.47. The summed E-state index contributed by atoms with van der Waals surface area (Å²) in [6.45, 7) is 0. The molecule has 0 fully saturated rings. The van der Waals surface area contributed by atoms with Crippen molar-refractivity contribution < 1.29 is 18.5 Å². The average Bonchev–Trinajstić information content (AvgIpc) is 3.04. The predicted octanol–water partition coefficient (Wildman–Crippen LogP) is 2.43. The fourth-order valence-electron chi connectivity index (χ4n) is 2.50. The van der Waals surface area contributed by atoms with Crippen molar-refractivity contribution in [1.82, 2.24) is 5.16 Å². The molecule has 1 aromatic heterocycles. The van der Waals surface area contributed by atoms with Gasteiger partial charge in [0.15, 0.2) is 5.78 Å². The average molecular weight is 282 g/mol. The van der Waals surface area contributed by atoms with Crippen LogP contribution >= 0.6 is 0 Å². The van der Waals surface area contributed by atoms with Gasteiger partial charge in [0.1, 0.15) is 17.8 Å². The lowest BCUT2D eigenvalue weighted by Crippen LogP contribution is -2.12. The van der Waals surface area contributed by atoms with E-state index < -0.39 is 5.82 Å². The summed E-state index contributed by atoms with van der Waals surface area (Å²) in [4.78, 5) is 24.5. The lowest BCUT2D eigenvalue weighted by Gasteiger charge is -2.09. The monoisotopic (exact) mass is 282 g/mol. The van der Waals surface area contributed by atoms with Gasteiger partial charge in [-0.2, -0.15) is 0 Å². The largest absolute Gasteiger partial charge is 0.363 e. The van der Waals surface area contributed by atoms with Crippen LogP contribution in [0.5, 0.6) is 0 Å². The summed E-state index contributed by atoms with van der Waals surface area (Å²) >= 11 is 0. The van der Waals surface area contributed by atoms with Crippen molar-refractivity contribution in [1.29, 1.82) is 0 Å². The molecule has 0 saturated carbocycles. The van der Waals surface area contributed by atoms with Crippen molar-refractivity contribution in [3.05, 3.63) is 58.9 Å². The number of hydrogen-bond acceptors (Lipinski definition) is 5. The van der Waals surface area contributed by atoms with Crippen molar-refractivity contribution in [2.24, 2.45) is 0 Å². The number of anilines is 1. The number of hydrogen-bond donors (Lipinski definition) is 1. The molecule has 102 valence electrons. The molecule has 0 spiro atoms. The van der Waals surface area contributed by atoms with Crippen LogP contribution in [-0.4, -0.2) is 16.7 Å². The number of nitrogens with zero attached hydrogens (tertiary/aromatic N) is 1. The fraction of sp³-hybridized carbons (Fsp3) is 0. The quantitative estimate of drug-likeness (QED) is 0.751. The molecule has 2 aliphatic rings. The number of fused-ring (bicyclic) bond motifs is 2. The van der Waals surface area contributed by atoms with E-state index in [9.17, 15) is 14.0 Å². The van der Waals surface area contributed by atoms with Crippen molar-refractivity contribution >= 4 is 28.9 Å². The highest BCUT2D eigenvalue weighted by atomic mass is 19.1. The number of ketones is 2. The van der Waals surface area contributed by atoms with Gasteiger partial charge in [-0.3, -0.25) is 9.59 Å². The fourth-order valence-corrected chi connectivity index (χ4v) is 2.50. The van der Waals surface area contributed by atoms with Crippen molar-refractivity contribution in [2.45, 2.75) is 0 Å². The number of carbonyl (C=O) groups is 2. The Morgan fingerprint density at radius 3 is 2.86 bits per heavy atom. The normalized spacial score (nSPS) is 19.5. The van der Waals surface area contributed by atoms with E-state index in [2.05, 4.69) is 10.5 Å². The zero-order chi connectivity index (χ0) is 14.6. The third kappa shape index (κ3) is 1.59. The van der Waals surface area contributed by atoms with Gasteiger partial charge in [-0.05, 0) is 30.4 Å². The van der Waals surface area contributed by atoms with Gasteiger partial charge in [-0.1, -0.05) is 5.16 Å². The number of allylic oxidation sites excluding steroid dienone is 3. The summed E-state index contributed by atoms with van der Waals surface area (Å²) in [6, 6.07) is 3.82. The van der Waals surface area contributed by atoms with Crippen LogP contribution in [-0.2, 0) is 4.79 Å². The van der Waals surface area contributed by atoms with E-state index in [1.54, 1.807) is 0 Å². The lowest BCUT2D eigenvalue weighted by molar-refractivity contribution is -0.109. The maximum atomic E-state index is 13.3. The van der Waals surface area contributed by atoms with E-state index in [1.807, 2.05) is 0 Å². The first-order valence-corrected chi connectivity index (χ1v) is 6.18. The highest BCUT2D eigenvalue weighted by Crippen LogP contribution is 2.36. The standard InChI is InChI=1S/C15H7FN2O3/c16-7-1-2-8-11(5-7)17-14(15(8)20)13-9-6-21-18-10(9)3-4-12(13)19/h1-6,17H. The Hall–Kier alpha value is -3.02. The molecule has 2 aromatic rings. The summed E-state index contributed by atoms with van der Waals surface area (Å²) < 4.78 is 18.1. The van der Waals surface area contributed by atoms with Gasteiger partial charge in [0.05, 0.1) is 22.5 Å². The zero-order valence-corrected chi connectivity index (χ0v) is 10.5. The van der Waals surface area contributed by atoms with Crippen LogP contribution in [0, 0.1) is 5.82 Å². The summed E-state index contributed by atoms with van der Waals surface area (Å²) in [5, 5.41) is 6.58. The van der Waals surface area contributed by atoms with Gasteiger partial charge in [-0.25, -0.2) is 4.39 Å². The Morgan fingerprint density at radius 2 is 2.00 bits per heavy atom. The van der Waals surface area contributed by atoms with Crippen LogP contribution in [0.15, 0.2) is 40.8 Å². The predicted molar refractivity (Wildman–Crippen MR) is 71.8 cm³/mol. The minimum atomic E-state index is -0.458. The zero-order valence-electron chi connectivity index (χ0n) is 10.5. The smallest absolute Gasteiger partial charge is 0.212 e. The molecular formula is C15H7FN2O3. The van der Waals surface area contributed by atoms with Crippen LogP contribution in [0.25, 0.3) is 11.6 Å². The van der Waals surface area contributed by atoms with Crippen LogP contribution in [0.3, 0.4) is 0 Å². The van der Waals surface area contributed by atoms with Crippen LogP contribution in [0.2, 0.25) is 0 Å². The number of benzene rings is 1. The third-order valence-electron chi connectivity index (χ3n) is 3.47. The molecule has 1 aromatic carbocycles. The Labute approximate surface area is 117 Å². The summed E-state index contributed by atoms with van der Waals surface area (Å²) in [5.41, 5.74) is 1.92. The Kier molecular flexibility index (Phi) is 2.24. The molecule has 1 aliphatic heterocycles. The van der Waals surface area contributed by atoms with Gasteiger partial charge >= 0.3 is 0 Å². The molecule has 5 nitrogen and oxygen atoms in total. The van der Waals surface area contributed by atoms with E-state index in [0.717, 1.165) is 0 Å². The second-order valence-electron chi connectivity index (χ2n) is 4.71. The lowest BCUT2D eigenvalue weighted by atomic mass is 9.93. The molecule has 4 rings (SSSR count). The number of halogens is 1. The van der Waals surface area contributed by atoms with E-state index in [-0.39, 0.29) is 22.8 Å². The van der Waals surface area contributed by atoms with Crippen LogP contribution in [0.4, 0.5) is 10.1 Å².